The third-order valence-corrected chi connectivity index (χ3v) is 5.11. The van der Waals surface area contributed by atoms with Crippen molar-refractivity contribution in [2.24, 2.45) is 5.73 Å². The lowest BCUT2D eigenvalue weighted by Crippen LogP contribution is -2.52. The van der Waals surface area contributed by atoms with Gasteiger partial charge in [-0.1, -0.05) is 11.6 Å². The molecule has 27 heavy (non-hydrogen) atoms. The molecular formula is C17H21ClN4O5. The lowest BCUT2D eigenvalue weighted by Gasteiger charge is -2.37. The predicted molar refractivity (Wildman–Crippen MR) is 98.0 cm³/mol. The molecule has 2 bridgehead atoms. The Morgan fingerprint density at radius 1 is 1.26 bits per heavy atom. The number of fused-ring (bicyclic) bond motifs is 2. The molecule has 2 aliphatic heterocycles. The summed E-state index contributed by atoms with van der Waals surface area (Å²) < 4.78 is 5.48. The van der Waals surface area contributed by atoms with Crippen LogP contribution in [0.4, 0.5) is 15.3 Å². The zero-order chi connectivity index (χ0) is 19.6. The second-order valence-electron chi connectivity index (χ2n) is 6.73. The molecule has 146 valence electrons. The Bertz CT molecular complexity index is 745. The monoisotopic (exact) mass is 396 g/mol. The van der Waals surface area contributed by atoms with E-state index < -0.39 is 12.1 Å². The van der Waals surface area contributed by atoms with E-state index in [2.05, 4.69) is 10.6 Å². The van der Waals surface area contributed by atoms with Crippen molar-refractivity contribution in [3.05, 3.63) is 23.2 Å². The van der Waals surface area contributed by atoms with Crippen molar-refractivity contribution in [1.82, 2.24) is 10.2 Å². The molecule has 0 aliphatic carbocycles. The van der Waals surface area contributed by atoms with Gasteiger partial charge in [0.05, 0.1) is 5.69 Å². The number of hydrogen-bond acceptors (Lipinski definition) is 4. The number of anilines is 1. The molecule has 0 spiro atoms. The number of ether oxygens (including phenoxy) is 1. The number of hydrogen-bond donors (Lipinski definition) is 4. The molecule has 1 aromatic rings. The standard InChI is InChI=1S/C17H21ClN4O5/c18-9-1-4-14(13(5-9)21-16(19)24)27-8-15(23)20-10-6-11-2-3-12(7-10)22(11)17(25)26/h1,4-5,10-12H,2-3,6-8H2,(H,20,23)(H,25,26)(H3,19,21,24)/t10-,11-,12+. The van der Waals surface area contributed by atoms with Crippen LogP contribution in [0.2, 0.25) is 5.02 Å². The number of primary amides is 1. The van der Waals surface area contributed by atoms with Gasteiger partial charge in [-0.25, -0.2) is 9.59 Å². The normalized spacial score (nSPS) is 23.6. The number of halogens is 1. The third kappa shape index (κ3) is 4.54. The molecule has 2 aliphatic rings. The van der Waals surface area contributed by atoms with Crippen LogP contribution in [0.15, 0.2) is 18.2 Å². The minimum Gasteiger partial charge on any atom is -0.482 e. The maximum atomic E-state index is 12.2. The highest BCUT2D eigenvalue weighted by molar-refractivity contribution is 6.31. The van der Waals surface area contributed by atoms with Gasteiger partial charge in [-0.2, -0.15) is 0 Å². The van der Waals surface area contributed by atoms with Gasteiger partial charge in [-0.05, 0) is 43.9 Å². The zero-order valence-electron chi connectivity index (χ0n) is 14.5. The minimum atomic E-state index is -0.896. The lowest BCUT2D eigenvalue weighted by molar-refractivity contribution is -0.124. The molecule has 2 fully saturated rings. The molecule has 5 N–H and O–H groups in total. The molecule has 3 rings (SSSR count). The van der Waals surface area contributed by atoms with Crippen LogP contribution in [0.5, 0.6) is 5.75 Å². The van der Waals surface area contributed by atoms with Gasteiger partial charge in [-0.3, -0.25) is 4.79 Å². The van der Waals surface area contributed by atoms with Gasteiger partial charge in [0.15, 0.2) is 6.61 Å². The average molecular weight is 397 g/mol. The number of urea groups is 1. The Kier molecular flexibility index (Phi) is 5.59. The Hall–Kier alpha value is -2.68. The maximum absolute atomic E-state index is 12.2. The SMILES string of the molecule is NC(=O)Nc1cc(Cl)ccc1OCC(=O)N[C@@H]1C[C@H]2CC[C@@H](C1)N2C(=O)O. The van der Waals surface area contributed by atoms with Gasteiger partial charge in [0.2, 0.25) is 0 Å². The first-order valence-electron chi connectivity index (χ1n) is 8.63. The second-order valence-corrected chi connectivity index (χ2v) is 7.17. The Morgan fingerprint density at radius 2 is 1.93 bits per heavy atom. The van der Waals surface area contributed by atoms with E-state index in [1.807, 2.05) is 0 Å². The van der Waals surface area contributed by atoms with E-state index in [1.54, 1.807) is 6.07 Å². The molecule has 0 saturated carbocycles. The number of nitrogens with zero attached hydrogens (tertiary/aromatic N) is 1. The topological polar surface area (TPSA) is 134 Å². The predicted octanol–water partition coefficient (Wildman–Crippen LogP) is 2.00. The van der Waals surface area contributed by atoms with Gasteiger partial charge in [0.1, 0.15) is 5.75 Å². The average Bonchev–Trinajstić information content (AvgIpc) is 2.85. The maximum Gasteiger partial charge on any atom is 0.407 e. The van der Waals surface area contributed by atoms with E-state index in [0.717, 1.165) is 12.8 Å². The summed E-state index contributed by atoms with van der Waals surface area (Å²) in [6.07, 6.45) is 1.96. The summed E-state index contributed by atoms with van der Waals surface area (Å²) in [7, 11) is 0. The largest absolute Gasteiger partial charge is 0.482 e. The number of carbonyl (C=O) groups is 3. The van der Waals surface area contributed by atoms with Crippen molar-refractivity contribution in [2.45, 2.75) is 43.8 Å². The van der Waals surface area contributed by atoms with Crippen LogP contribution >= 0.6 is 11.6 Å². The fourth-order valence-corrected chi connectivity index (χ4v) is 4.05. The first-order chi connectivity index (χ1) is 12.8. The van der Waals surface area contributed by atoms with E-state index >= 15 is 0 Å². The molecule has 0 unspecified atom stereocenters. The van der Waals surface area contributed by atoms with Crippen LogP contribution in [0.1, 0.15) is 25.7 Å². The number of amides is 4. The lowest BCUT2D eigenvalue weighted by atomic mass is 9.98. The Labute approximate surface area is 160 Å². The van der Waals surface area contributed by atoms with Crippen molar-refractivity contribution in [2.75, 3.05) is 11.9 Å². The van der Waals surface area contributed by atoms with Gasteiger partial charge < -0.3 is 31.1 Å². The van der Waals surface area contributed by atoms with Crippen molar-refractivity contribution < 1.29 is 24.2 Å². The fourth-order valence-electron chi connectivity index (χ4n) is 3.88. The molecule has 0 radical (unpaired) electrons. The van der Waals surface area contributed by atoms with Crippen molar-refractivity contribution >= 4 is 35.3 Å². The Morgan fingerprint density at radius 3 is 2.52 bits per heavy atom. The van der Waals surface area contributed by atoms with Gasteiger partial charge in [0.25, 0.3) is 5.91 Å². The summed E-state index contributed by atoms with van der Waals surface area (Å²) in [5.74, 6) is -0.0442. The number of nitrogens with two attached hydrogens (primary N) is 1. The highest BCUT2D eigenvalue weighted by Crippen LogP contribution is 2.35. The third-order valence-electron chi connectivity index (χ3n) is 4.88. The molecule has 2 saturated heterocycles. The van der Waals surface area contributed by atoms with Crippen molar-refractivity contribution in [3.63, 3.8) is 0 Å². The summed E-state index contributed by atoms with van der Waals surface area (Å²) in [5.41, 5.74) is 5.39. The Balaban J connectivity index is 1.54. The fraction of sp³-hybridized carbons (Fsp3) is 0.471. The smallest absolute Gasteiger partial charge is 0.407 e. The van der Waals surface area contributed by atoms with E-state index in [0.29, 0.717) is 17.9 Å². The quantitative estimate of drug-likeness (QED) is 0.603. The molecule has 1 aromatic carbocycles. The van der Waals surface area contributed by atoms with Crippen LogP contribution in [-0.4, -0.2) is 52.8 Å². The molecule has 10 heteroatoms. The summed E-state index contributed by atoms with van der Waals surface area (Å²) in [6, 6.07) is 3.63. The first kappa shape index (κ1) is 19.1. The summed E-state index contributed by atoms with van der Waals surface area (Å²) in [6.45, 7) is -0.246. The van der Waals surface area contributed by atoms with Crippen LogP contribution < -0.4 is 21.1 Å². The second kappa shape index (κ2) is 7.91. The highest BCUT2D eigenvalue weighted by atomic mass is 35.5. The number of carbonyl (C=O) groups excluding carboxylic acids is 2. The van der Waals surface area contributed by atoms with Crippen LogP contribution in [0, 0.1) is 0 Å². The molecule has 2 heterocycles. The molecular weight excluding hydrogens is 376 g/mol. The van der Waals surface area contributed by atoms with E-state index in [9.17, 15) is 19.5 Å². The number of rotatable bonds is 5. The van der Waals surface area contributed by atoms with E-state index in [-0.39, 0.29) is 42.1 Å². The van der Waals surface area contributed by atoms with E-state index in [1.165, 1.54) is 17.0 Å². The summed E-state index contributed by atoms with van der Waals surface area (Å²) in [4.78, 5) is 36.1. The van der Waals surface area contributed by atoms with Crippen molar-refractivity contribution in [1.29, 1.82) is 0 Å². The zero-order valence-corrected chi connectivity index (χ0v) is 15.2. The van der Waals surface area contributed by atoms with Gasteiger partial charge in [0, 0.05) is 23.1 Å². The summed E-state index contributed by atoms with van der Waals surface area (Å²) >= 11 is 5.89. The van der Waals surface area contributed by atoms with Crippen LogP contribution in [0.25, 0.3) is 0 Å². The highest BCUT2D eigenvalue weighted by Gasteiger charge is 2.43. The number of nitrogens with one attached hydrogen (secondary N) is 2. The van der Waals surface area contributed by atoms with E-state index in [4.69, 9.17) is 22.1 Å². The minimum absolute atomic E-state index is 0.0462. The molecule has 4 amide bonds. The van der Waals surface area contributed by atoms with Gasteiger partial charge in [-0.15, -0.1) is 0 Å². The first-order valence-corrected chi connectivity index (χ1v) is 9.00. The summed E-state index contributed by atoms with van der Waals surface area (Å²) in [5, 5.41) is 15.0. The number of benzene rings is 1. The molecule has 9 nitrogen and oxygen atoms in total. The van der Waals surface area contributed by atoms with Gasteiger partial charge >= 0.3 is 12.1 Å². The van der Waals surface area contributed by atoms with Crippen LogP contribution in [-0.2, 0) is 4.79 Å². The number of carboxylic acid groups (broad SMARTS) is 1. The van der Waals surface area contributed by atoms with Crippen molar-refractivity contribution in [3.8, 4) is 5.75 Å². The molecule has 0 aromatic heterocycles. The number of piperidine rings is 1. The van der Waals surface area contributed by atoms with Crippen LogP contribution in [0.3, 0.4) is 0 Å². The molecule has 3 atom stereocenters.